The van der Waals surface area contributed by atoms with Crippen molar-refractivity contribution in [2.24, 2.45) is 0 Å². The number of hydrogen-bond acceptors (Lipinski definition) is 4. The van der Waals surface area contributed by atoms with Crippen LogP contribution in [0.4, 0.5) is 0 Å². The molecule has 1 atom stereocenters. The fraction of sp³-hybridized carbons (Fsp3) is 0.611. The molecule has 128 valence electrons. The molecule has 1 fully saturated rings. The van der Waals surface area contributed by atoms with Gasteiger partial charge in [-0.3, -0.25) is 4.79 Å². The highest BCUT2D eigenvalue weighted by Crippen LogP contribution is 2.41. The highest BCUT2D eigenvalue weighted by atomic mass is 16.5. The van der Waals surface area contributed by atoms with E-state index in [1.807, 2.05) is 24.0 Å². The van der Waals surface area contributed by atoms with Crippen molar-refractivity contribution in [2.75, 3.05) is 34.4 Å². The number of amides is 1. The van der Waals surface area contributed by atoms with E-state index in [-0.39, 0.29) is 11.8 Å². The third kappa shape index (κ3) is 3.71. The molecule has 1 saturated heterocycles. The summed E-state index contributed by atoms with van der Waals surface area (Å²) in [5.74, 6) is 1.75. The second kappa shape index (κ2) is 8.09. The van der Waals surface area contributed by atoms with Crippen LogP contribution in [0.3, 0.4) is 0 Å². The molecule has 5 nitrogen and oxygen atoms in total. The van der Waals surface area contributed by atoms with Gasteiger partial charge in [0.15, 0.2) is 11.5 Å². The zero-order chi connectivity index (χ0) is 16.8. The SMILES string of the molecule is CCC(C(=O)N1CCCCC1)c1cc(OC)c(OC)c(OC)c1. The number of methoxy groups -OCH3 is 3. The maximum atomic E-state index is 12.9. The number of hydrogen-bond donors (Lipinski definition) is 0. The third-order valence-electron chi connectivity index (χ3n) is 4.46. The van der Waals surface area contributed by atoms with Gasteiger partial charge in [0, 0.05) is 13.1 Å². The van der Waals surface area contributed by atoms with Crippen molar-refractivity contribution in [2.45, 2.75) is 38.5 Å². The van der Waals surface area contributed by atoms with Crippen LogP contribution in [0.2, 0.25) is 0 Å². The molecule has 0 bridgehead atoms. The molecule has 1 unspecified atom stereocenters. The van der Waals surface area contributed by atoms with Crippen molar-refractivity contribution in [3.05, 3.63) is 17.7 Å². The predicted octanol–water partition coefficient (Wildman–Crippen LogP) is 3.22. The van der Waals surface area contributed by atoms with Crippen LogP contribution >= 0.6 is 0 Å². The van der Waals surface area contributed by atoms with E-state index in [1.165, 1.54) is 6.42 Å². The first-order valence-electron chi connectivity index (χ1n) is 8.24. The molecule has 0 aliphatic carbocycles. The summed E-state index contributed by atoms with van der Waals surface area (Å²) in [4.78, 5) is 14.9. The fourth-order valence-electron chi connectivity index (χ4n) is 3.19. The van der Waals surface area contributed by atoms with Crippen molar-refractivity contribution >= 4 is 5.91 Å². The van der Waals surface area contributed by atoms with Gasteiger partial charge in [0.1, 0.15) is 0 Å². The lowest BCUT2D eigenvalue weighted by Crippen LogP contribution is -2.38. The second-order valence-corrected chi connectivity index (χ2v) is 5.81. The Hall–Kier alpha value is -1.91. The molecule has 1 amide bonds. The van der Waals surface area contributed by atoms with E-state index >= 15 is 0 Å². The summed E-state index contributed by atoms with van der Waals surface area (Å²) in [6.07, 6.45) is 4.15. The molecule has 5 heteroatoms. The van der Waals surface area contributed by atoms with E-state index in [9.17, 15) is 4.79 Å². The number of carbonyl (C=O) groups is 1. The number of rotatable bonds is 6. The van der Waals surface area contributed by atoms with Crippen LogP contribution in [0.15, 0.2) is 12.1 Å². The van der Waals surface area contributed by atoms with Gasteiger partial charge in [-0.05, 0) is 43.4 Å². The van der Waals surface area contributed by atoms with Crippen LogP contribution in [-0.4, -0.2) is 45.2 Å². The van der Waals surface area contributed by atoms with Crippen LogP contribution in [-0.2, 0) is 4.79 Å². The minimum Gasteiger partial charge on any atom is -0.493 e. The topological polar surface area (TPSA) is 48.0 Å². The van der Waals surface area contributed by atoms with Crippen molar-refractivity contribution in [3.63, 3.8) is 0 Å². The van der Waals surface area contributed by atoms with Gasteiger partial charge < -0.3 is 19.1 Å². The van der Waals surface area contributed by atoms with Crippen LogP contribution in [0, 0.1) is 0 Å². The van der Waals surface area contributed by atoms with Gasteiger partial charge in [-0.15, -0.1) is 0 Å². The Balaban J connectivity index is 2.34. The Kier molecular flexibility index (Phi) is 6.13. The van der Waals surface area contributed by atoms with Gasteiger partial charge in [-0.25, -0.2) is 0 Å². The smallest absolute Gasteiger partial charge is 0.230 e. The minimum atomic E-state index is -0.179. The van der Waals surface area contributed by atoms with Crippen LogP contribution in [0.5, 0.6) is 17.2 Å². The van der Waals surface area contributed by atoms with E-state index in [1.54, 1.807) is 21.3 Å². The van der Waals surface area contributed by atoms with Crippen molar-refractivity contribution in [1.82, 2.24) is 4.90 Å². The summed E-state index contributed by atoms with van der Waals surface area (Å²) in [6.45, 7) is 3.76. The number of likely N-dealkylation sites (tertiary alicyclic amines) is 1. The molecule has 1 aliphatic rings. The van der Waals surface area contributed by atoms with Gasteiger partial charge in [0.05, 0.1) is 27.2 Å². The zero-order valence-electron chi connectivity index (χ0n) is 14.6. The highest BCUT2D eigenvalue weighted by molar-refractivity contribution is 5.84. The molecule has 0 N–H and O–H groups in total. The lowest BCUT2D eigenvalue weighted by atomic mass is 9.93. The monoisotopic (exact) mass is 321 g/mol. The summed E-state index contributed by atoms with van der Waals surface area (Å²) in [6, 6.07) is 3.77. The third-order valence-corrected chi connectivity index (χ3v) is 4.46. The number of benzene rings is 1. The van der Waals surface area contributed by atoms with E-state index < -0.39 is 0 Å². The lowest BCUT2D eigenvalue weighted by Gasteiger charge is -2.30. The van der Waals surface area contributed by atoms with E-state index in [0.29, 0.717) is 17.2 Å². The van der Waals surface area contributed by atoms with Gasteiger partial charge in [0.2, 0.25) is 11.7 Å². The van der Waals surface area contributed by atoms with Gasteiger partial charge in [0.25, 0.3) is 0 Å². The summed E-state index contributed by atoms with van der Waals surface area (Å²) < 4.78 is 16.2. The highest BCUT2D eigenvalue weighted by Gasteiger charge is 2.27. The molecule has 0 spiro atoms. The maximum absolute atomic E-state index is 12.9. The maximum Gasteiger partial charge on any atom is 0.230 e. The van der Waals surface area contributed by atoms with Gasteiger partial charge in [-0.1, -0.05) is 6.92 Å². The average molecular weight is 321 g/mol. The molecule has 23 heavy (non-hydrogen) atoms. The molecule has 1 aromatic rings. The Morgan fingerprint density at radius 3 is 2.04 bits per heavy atom. The summed E-state index contributed by atoms with van der Waals surface area (Å²) in [5.41, 5.74) is 0.914. The predicted molar refractivity (Wildman–Crippen MR) is 89.6 cm³/mol. The van der Waals surface area contributed by atoms with Gasteiger partial charge in [-0.2, -0.15) is 0 Å². The zero-order valence-corrected chi connectivity index (χ0v) is 14.6. The Bertz CT molecular complexity index is 513. The second-order valence-electron chi connectivity index (χ2n) is 5.81. The van der Waals surface area contributed by atoms with Crippen LogP contribution in [0.25, 0.3) is 0 Å². The normalized spacial score (nSPS) is 15.9. The molecular formula is C18H27NO4. The van der Waals surface area contributed by atoms with Crippen molar-refractivity contribution in [1.29, 1.82) is 0 Å². The Labute approximate surface area is 138 Å². The van der Waals surface area contributed by atoms with Crippen molar-refractivity contribution in [3.8, 4) is 17.2 Å². The quantitative estimate of drug-likeness (QED) is 0.807. The number of nitrogens with zero attached hydrogens (tertiary/aromatic N) is 1. The average Bonchev–Trinajstić information content (AvgIpc) is 2.61. The number of piperidine rings is 1. The first-order valence-corrected chi connectivity index (χ1v) is 8.24. The number of carbonyl (C=O) groups excluding carboxylic acids is 1. The van der Waals surface area contributed by atoms with E-state index in [4.69, 9.17) is 14.2 Å². The van der Waals surface area contributed by atoms with Gasteiger partial charge >= 0.3 is 0 Å². The molecule has 0 aromatic heterocycles. The van der Waals surface area contributed by atoms with Crippen LogP contribution in [0.1, 0.15) is 44.1 Å². The first kappa shape index (κ1) is 17.4. The summed E-state index contributed by atoms with van der Waals surface area (Å²) in [7, 11) is 4.76. The standard InChI is InChI=1S/C18H27NO4/c1-5-14(18(20)19-9-7-6-8-10-19)13-11-15(21-2)17(23-4)16(12-13)22-3/h11-12,14H,5-10H2,1-4H3. The summed E-state index contributed by atoms with van der Waals surface area (Å²) >= 11 is 0. The minimum absolute atomic E-state index is 0.179. The fourth-order valence-corrected chi connectivity index (χ4v) is 3.19. The lowest BCUT2D eigenvalue weighted by molar-refractivity contribution is -0.133. The first-order chi connectivity index (χ1) is 11.2. The van der Waals surface area contributed by atoms with E-state index in [2.05, 4.69) is 0 Å². The Morgan fingerprint density at radius 1 is 1.04 bits per heavy atom. The molecule has 1 aliphatic heterocycles. The molecule has 1 heterocycles. The Morgan fingerprint density at radius 2 is 1.61 bits per heavy atom. The molecule has 0 radical (unpaired) electrons. The molecule has 1 aromatic carbocycles. The van der Waals surface area contributed by atoms with E-state index in [0.717, 1.165) is 37.9 Å². The number of ether oxygens (including phenoxy) is 3. The van der Waals surface area contributed by atoms with Crippen molar-refractivity contribution < 1.29 is 19.0 Å². The largest absolute Gasteiger partial charge is 0.493 e. The van der Waals surface area contributed by atoms with Crippen LogP contribution < -0.4 is 14.2 Å². The molecule has 0 saturated carbocycles. The molecule has 2 rings (SSSR count). The summed E-state index contributed by atoms with van der Waals surface area (Å²) in [5, 5.41) is 0. The molecular weight excluding hydrogens is 294 g/mol.